The second-order valence-electron chi connectivity index (χ2n) is 4.99. The zero-order chi connectivity index (χ0) is 17.2. The standard InChI is InChI=1S/C13H13F3N6O2/c14-13(15,16)9-2-1-3-10(19-9)20-12(23)22-4-5-24-6-8(22)11-17-7-18-21-11/h1-3,7-8H,4-6H2,(H,17,18,21)(H,19,20,23). The largest absolute Gasteiger partial charge is 0.433 e. The third kappa shape index (κ3) is 3.45. The van der Waals surface area contributed by atoms with Gasteiger partial charge in [-0.2, -0.15) is 18.3 Å². The van der Waals surface area contributed by atoms with Crippen LogP contribution >= 0.6 is 0 Å². The van der Waals surface area contributed by atoms with Crippen LogP contribution in [-0.2, 0) is 10.9 Å². The van der Waals surface area contributed by atoms with Crippen LogP contribution in [0.25, 0.3) is 0 Å². The number of nitrogens with zero attached hydrogens (tertiary/aromatic N) is 4. The molecule has 11 heteroatoms. The average Bonchev–Trinajstić information content (AvgIpc) is 3.08. The van der Waals surface area contributed by atoms with Crippen molar-refractivity contribution in [2.75, 3.05) is 25.1 Å². The first kappa shape index (κ1) is 16.2. The highest BCUT2D eigenvalue weighted by molar-refractivity contribution is 5.88. The predicted octanol–water partition coefficient (Wildman–Crippen LogP) is 1.82. The van der Waals surface area contributed by atoms with Crippen LogP contribution in [0.1, 0.15) is 17.6 Å². The van der Waals surface area contributed by atoms with Crippen LogP contribution in [0, 0.1) is 0 Å². The lowest BCUT2D eigenvalue weighted by atomic mass is 10.2. The number of morpholine rings is 1. The third-order valence-electron chi connectivity index (χ3n) is 3.41. The summed E-state index contributed by atoms with van der Waals surface area (Å²) >= 11 is 0. The van der Waals surface area contributed by atoms with E-state index >= 15 is 0 Å². The summed E-state index contributed by atoms with van der Waals surface area (Å²) in [6, 6.07) is 2.20. The van der Waals surface area contributed by atoms with Gasteiger partial charge in [-0.1, -0.05) is 6.07 Å². The van der Waals surface area contributed by atoms with Gasteiger partial charge in [0, 0.05) is 6.54 Å². The predicted molar refractivity (Wildman–Crippen MR) is 74.9 cm³/mol. The number of carbonyl (C=O) groups is 1. The van der Waals surface area contributed by atoms with E-state index < -0.39 is 23.9 Å². The molecule has 2 aromatic heterocycles. The van der Waals surface area contributed by atoms with Gasteiger partial charge in [0.15, 0.2) is 0 Å². The first-order valence-electron chi connectivity index (χ1n) is 7.00. The molecule has 1 unspecified atom stereocenters. The summed E-state index contributed by atoms with van der Waals surface area (Å²) < 4.78 is 43.4. The average molecular weight is 342 g/mol. The smallest absolute Gasteiger partial charge is 0.377 e. The first-order valence-corrected chi connectivity index (χ1v) is 7.00. The Morgan fingerprint density at radius 1 is 1.42 bits per heavy atom. The normalized spacial score (nSPS) is 18.5. The SMILES string of the molecule is O=C(Nc1cccc(C(F)(F)F)n1)N1CCOCC1c1ncn[nH]1. The molecule has 8 nitrogen and oxygen atoms in total. The van der Waals surface area contributed by atoms with Crippen molar-refractivity contribution in [1.29, 1.82) is 0 Å². The maximum atomic E-state index is 12.7. The highest BCUT2D eigenvalue weighted by atomic mass is 19.4. The number of halogens is 3. The van der Waals surface area contributed by atoms with E-state index in [1.165, 1.54) is 23.4 Å². The van der Waals surface area contributed by atoms with Crippen LogP contribution in [0.2, 0.25) is 0 Å². The molecule has 3 rings (SSSR count). The zero-order valence-electron chi connectivity index (χ0n) is 12.2. The number of aromatic nitrogens is 4. The number of hydrogen-bond donors (Lipinski definition) is 2. The maximum Gasteiger partial charge on any atom is 0.433 e. The number of carbonyl (C=O) groups excluding carboxylic acids is 1. The Morgan fingerprint density at radius 3 is 2.96 bits per heavy atom. The van der Waals surface area contributed by atoms with E-state index in [0.29, 0.717) is 12.4 Å². The number of alkyl halides is 3. The molecule has 2 amide bonds. The summed E-state index contributed by atoms with van der Waals surface area (Å²) in [5, 5.41) is 8.76. The molecule has 0 bridgehead atoms. The van der Waals surface area contributed by atoms with Crippen LogP contribution in [0.4, 0.5) is 23.8 Å². The zero-order valence-corrected chi connectivity index (χ0v) is 12.2. The first-order chi connectivity index (χ1) is 11.4. The Kier molecular flexibility index (Phi) is 4.34. The lowest BCUT2D eigenvalue weighted by Gasteiger charge is -2.34. The highest BCUT2D eigenvalue weighted by Crippen LogP contribution is 2.28. The second-order valence-corrected chi connectivity index (χ2v) is 4.99. The fourth-order valence-electron chi connectivity index (χ4n) is 2.29. The van der Waals surface area contributed by atoms with E-state index in [-0.39, 0.29) is 19.0 Å². The van der Waals surface area contributed by atoms with Gasteiger partial charge in [0.1, 0.15) is 29.7 Å². The van der Waals surface area contributed by atoms with E-state index in [2.05, 4.69) is 25.5 Å². The number of hydrogen-bond acceptors (Lipinski definition) is 5. The Balaban J connectivity index is 1.76. The van der Waals surface area contributed by atoms with Crippen molar-refractivity contribution in [1.82, 2.24) is 25.1 Å². The van der Waals surface area contributed by atoms with Gasteiger partial charge in [0.05, 0.1) is 13.2 Å². The van der Waals surface area contributed by atoms with Gasteiger partial charge < -0.3 is 9.64 Å². The van der Waals surface area contributed by atoms with Crippen molar-refractivity contribution in [3.63, 3.8) is 0 Å². The molecular weight excluding hydrogens is 329 g/mol. The Hall–Kier alpha value is -2.69. The minimum absolute atomic E-state index is 0.183. The fourth-order valence-corrected chi connectivity index (χ4v) is 2.29. The minimum atomic E-state index is -4.58. The minimum Gasteiger partial charge on any atom is -0.377 e. The number of amides is 2. The summed E-state index contributed by atoms with van der Waals surface area (Å²) in [5.74, 6) is 0.250. The van der Waals surface area contributed by atoms with E-state index in [9.17, 15) is 18.0 Å². The molecule has 128 valence electrons. The molecule has 1 aliphatic rings. The van der Waals surface area contributed by atoms with Gasteiger partial charge in [-0.05, 0) is 12.1 Å². The monoisotopic (exact) mass is 342 g/mol. The summed E-state index contributed by atoms with van der Waals surface area (Å²) in [7, 11) is 0. The third-order valence-corrected chi connectivity index (χ3v) is 3.41. The topological polar surface area (TPSA) is 96.0 Å². The lowest BCUT2D eigenvalue weighted by molar-refractivity contribution is -0.141. The number of urea groups is 1. The number of ether oxygens (including phenoxy) is 1. The summed E-state index contributed by atoms with van der Waals surface area (Å²) in [6.45, 7) is 0.781. The van der Waals surface area contributed by atoms with Crippen LogP contribution < -0.4 is 5.32 Å². The number of aromatic amines is 1. The molecule has 24 heavy (non-hydrogen) atoms. The number of rotatable bonds is 2. The van der Waals surface area contributed by atoms with Crippen LogP contribution in [-0.4, -0.2) is 50.9 Å². The van der Waals surface area contributed by atoms with Crippen LogP contribution in [0.5, 0.6) is 0 Å². The van der Waals surface area contributed by atoms with Crippen molar-refractivity contribution < 1.29 is 22.7 Å². The molecule has 1 atom stereocenters. The van der Waals surface area contributed by atoms with Gasteiger partial charge >= 0.3 is 12.2 Å². The fraction of sp³-hybridized carbons (Fsp3) is 0.385. The van der Waals surface area contributed by atoms with E-state index in [4.69, 9.17) is 4.74 Å². The van der Waals surface area contributed by atoms with Crippen molar-refractivity contribution in [3.8, 4) is 0 Å². The molecule has 0 radical (unpaired) electrons. The number of anilines is 1. The highest BCUT2D eigenvalue weighted by Gasteiger charge is 2.34. The van der Waals surface area contributed by atoms with Gasteiger partial charge in [-0.3, -0.25) is 10.4 Å². The van der Waals surface area contributed by atoms with Crippen molar-refractivity contribution in [2.24, 2.45) is 0 Å². The molecule has 2 N–H and O–H groups in total. The van der Waals surface area contributed by atoms with Gasteiger partial charge in [0.2, 0.25) is 0 Å². The van der Waals surface area contributed by atoms with Crippen LogP contribution in [0.15, 0.2) is 24.5 Å². The maximum absolute atomic E-state index is 12.7. The number of pyridine rings is 1. The number of nitrogens with one attached hydrogen (secondary N) is 2. The molecule has 1 saturated heterocycles. The van der Waals surface area contributed by atoms with Crippen molar-refractivity contribution >= 4 is 11.8 Å². The molecule has 0 aliphatic carbocycles. The summed E-state index contributed by atoms with van der Waals surface area (Å²) in [5.41, 5.74) is -1.07. The molecule has 0 spiro atoms. The Bertz CT molecular complexity index is 706. The van der Waals surface area contributed by atoms with Crippen molar-refractivity contribution in [3.05, 3.63) is 36.0 Å². The molecule has 2 aromatic rings. The molecule has 0 saturated carbocycles. The van der Waals surface area contributed by atoms with E-state index in [1.54, 1.807) is 0 Å². The number of H-pyrrole nitrogens is 1. The van der Waals surface area contributed by atoms with Crippen LogP contribution in [0.3, 0.4) is 0 Å². The molecule has 3 heterocycles. The quantitative estimate of drug-likeness (QED) is 0.868. The lowest BCUT2D eigenvalue weighted by Crippen LogP contribution is -2.46. The van der Waals surface area contributed by atoms with Gasteiger partial charge in [-0.25, -0.2) is 14.8 Å². The molecule has 0 aromatic carbocycles. The molecule has 1 aliphatic heterocycles. The Labute approximate surface area is 134 Å². The summed E-state index contributed by atoms with van der Waals surface area (Å²) in [6.07, 6.45) is -3.28. The van der Waals surface area contributed by atoms with Gasteiger partial charge in [0.25, 0.3) is 0 Å². The second kappa shape index (κ2) is 6.43. The van der Waals surface area contributed by atoms with E-state index in [0.717, 1.165) is 6.07 Å². The Morgan fingerprint density at radius 2 is 2.25 bits per heavy atom. The summed E-state index contributed by atoms with van der Waals surface area (Å²) in [4.78, 5) is 21.2. The van der Waals surface area contributed by atoms with Gasteiger partial charge in [-0.15, -0.1) is 0 Å². The van der Waals surface area contributed by atoms with Crippen molar-refractivity contribution in [2.45, 2.75) is 12.2 Å². The molecule has 1 fully saturated rings. The molecular formula is C13H13F3N6O2. The van der Waals surface area contributed by atoms with E-state index in [1.807, 2.05) is 0 Å².